The molecule has 0 unspecified atom stereocenters. The van der Waals surface area contributed by atoms with Crippen molar-refractivity contribution in [3.63, 3.8) is 0 Å². The first-order valence-electron chi connectivity index (χ1n) is 5.74. The van der Waals surface area contributed by atoms with Crippen molar-refractivity contribution in [3.8, 4) is 0 Å². The van der Waals surface area contributed by atoms with E-state index in [0.717, 1.165) is 13.0 Å². The summed E-state index contributed by atoms with van der Waals surface area (Å²) < 4.78 is 15.1. The maximum absolute atomic E-state index is 11.1. The topological polar surface area (TPSA) is 56.8 Å². The van der Waals surface area contributed by atoms with Gasteiger partial charge in [-0.15, -0.1) is 0 Å². The van der Waals surface area contributed by atoms with E-state index >= 15 is 0 Å². The second-order valence-electron chi connectivity index (χ2n) is 3.28. The van der Waals surface area contributed by atoms with Crippen LogP contribution in [0.1, 0.15) is 19.8 Å². The van der Waals surface area contributed by atoms with Gasteiger partial charge in [0, 0.05) is 26.7 Å². The Morgan fingerprint density at radius 1 is 1.19 bits per heavy atom. The second-order valence-corrected chi connectivity index (χ2v) is 3.28. The molecule has 0 aliphatic heterocycles. The first-order chi connectivity index (χ1) is 7.81. The third-order valence-electron chi connectivity index (χ3n) is 1.88. The lowest BCUT2D eigenvalue weighted by atomic mass is 10.4. The molecular weight excluding hydrogens is 210 g/mol. The lowest BCUT2D eigenvalue weighted by molar-refractivity contribution is -0.143. The van der Waals surface area contributed by atoms with E-state index in [1.807, 2.05) is 6.92 Å². The van der Waals surface area contributed by atoms with Crippen LogP contribution in [-0.2, 0) is 19.0 Å². The SMILES string of the molecule is CCNCCC(=O)OCCCOCCOC. The Balaban J connectivity index is 3.09. The fraction of sp³-hybridized carbons (Fsp3) is 0.909. The van der Waals surface area contributed by atoms with Gasteiger partial charge in [0.1, 0.15) is 0 Å². The molecule has 0 aromatic heterocycles. The molecule has 0 aliphatic rings. The highest BCUT2D eigenvalue weighted by Crippen LogP contribution is 1.89. The van der Waals surface area contributed by atoms with Crippen LogP contribution in [0.25, 0.3) is 0 Å². The van der Waals surface area contributed by atoms with Crippen molar-refractivity contribution in [3.05, 3.63) is 0 Å². The van der Waals surface area contributed by atoms with Gasteiger partial charge in [-0.2, -0.15) is 0 Å². The Labute approximate surface area is 97.4 Å². The van der Waals surface area contributed by atoms with Crippen molar-refractivity contribution in [1.29, 1.82) is 0 Å². The standard InChI is InChI=1S/C11H23NO4/c1-3-12-6-5-11(13)16-8-4-7-15-10-9-14-2/h12H,3-10H2,1-2H3. The Morgan fingerprint density at radius 3 is 2.69 bits per heavy atom. The molecule has 0 aliphatic carbocycles. The molecule has 0 bridgehead atoms. The van der Waals surface area contributed by atoms with Gasteiger partial charge in [-0.05, 0) is 6.54 Å². The number of hydrogen-bond donors (Lipinski definition) is 1. The molecule has 0 aromatic rings. The minimum absolute atomic E-state index is 0.155. The van der Waals surface area contributed by atoms with Gasteiger partial charge in [0.15, 0.2) is 0 Å². The monoisotopic (exact) mass is 233 g/mol. The van der Waals surface area contributed by atoms with Crippen LogP contribution in [-0.4, -0.2) is 52.6 Å². The minimum Gasteiger partial charge on any atom is -0.466 e. The highest BCUT2D eigenvalue weighted by molar-refractivity contribution is 5.69. The largest absolute Gasteiger partial charge is 0.466 e. The lowest BCUT2D eigenvalue weighted by Gasteiger charge is -2.05. The van der Waals surface area contributed by atoms with Crippen LogP contribution in [0, 0.1) is 0 Å². The Kier molecular flexibility index (Phi) is 11.9. The van der Waals surface area contributed by atoms with E-state index < -0.39 is 0 Å². The number of carbonyl (C=O) groups excluding carboxylic acids is 1. The highest BCUT2D eigenvalue weighted by Gasteiger charge is 2.01. The first-order valence-corrected chi connectivity index (χ1v) is 5.74. The summed E-state index contributed by atoms with van der Waals surface area (Å²) in [4.78, 5) is 11.1. The molecule has 0 radical (unpaired) electrons. The summed E-state index contributed by atoms with van der Waals surface area (Å²) in [5, 5.41) is 3.06. The van der Waals surface area contributed by atoms with E-state index in [4.69, 9.17) is 14.2 Å². The van der Waals surface area contributed by atoms with E-state index in [0.29, 0.717) is 39.4 Å². The Bertz CT molecular complexity index is 164. The summed E-state index contributed by atoms with van der Waals surface area (Å²) in [5.74, 6) is -0.155. The number of hydrogen-bond acceptors (Lipinski definition) is 5. The number of methoxy groups -OCH3 is 1. The van der Waals surface area contributed by atoms with Crippen molar-refractivity contribution in [2.24, 2.45) is 0 Å². The van der Waals surface area contributed by atoms with Gasteiger partial charge in [0.2, 0.25) is 0 Å². The maximum atomic E-state index is 11.1. The van der Waals surface area contributed by atoms with Gasteiger partial charge in [-0.1, -0.05) is 6.92 Å². The van der Waals surface area contributed by atoms with Gasteiger partial charge in [0.05, 0.1) is 26.2 Å². The van der Waals surface area contributed by atoms with Crippen molar-refractivity contribution in [2.75, 3.05) is 46.6 Å². The molecule has 5 nitrogen and oxygen atoms in total. The molecule has 0 aromatic carbocycles. The van der Waals surface area contributed by atoms with E-state index in [1.54, 1.807) is 7.11 Å². The zero-order chi connectivity index (χ0) is 12.1. The molecule has 16 heavy (non-hydrogen) atoms. The van der Waals surface area contributed by atoms with Gasteiger partial charge in [0.25, 0.3) is 0 Å². The molecule has 0 saturated heterocycles. The lowest BCUT2D eigenvalue weighted by Crippen LogP contribution is -2.19. The smallest absolute Gasteiger partial charge is 0.307 e. The van der Waals surface area contributed by atoms with E-state index in [-0.39, 0.29) is 5.97 Å². The van der Waals surface area contributed by atoms with E-state index in [9.17, 15) is 4.79 Å². The predicted octanol–water partition coefficient (Wildman–Crippen LogP) is 0.582. The number of nitrogens with one attached hydrogen (secondary N) is 1. The van der Waals surface area contributed by atoms with Gasteiger partial charge < -0.3 is 19.5 Å². The third-order valence-corrected chi connectivity index (χ3v) is 1.88. The highest BCUT2D eigenvalue weighted by atomic mass is 16.5. The zero-order valence-electron chi connectivity index (χ0n) is 10.3. The predicted molar refractivity (Wildman–Crippen MR) is 61.4 cm³/mol. The van der Waals surface area contributed by atoms with Crippen LogP contribution in [0.5, 0.6) is 0 Å². The fourth-order valence-electron chi connectivity index (χ4n) is 1.03. The third kappa shape index (κ3) is 11.4. The molecule has 0 atom stereocenters. The van der Waals surface area contributed by atoms with E-state index in [2.05, 4.69) is 5.32 Å². The summed E-state index contributed by atoms with van der Waals surface area (Å²) in [6, 6.07) is 0. The molecule has 0 heterocycles. The summed E-state index contributed by atoms with van der Waals surface area (Å²) in [7, 11) is 1.63. The molecule has 1 N–H and O–H groups in total. The molecule has 0 rings (SSSR count). The number of ether oxygens (including phenoxy) is 3. The Morgan fingerprint density at radius 2 is 2.00 bits per heavy atom. The Hall–Kier alpha value is -0.650. The number of rotatable bonds is 11. The van der Waals surface area contributed by atoms with Crippen molar-refractivity contribution < 1.29 is 19.0 Å². The first kappa shape index (κ1) is 15.3. The van der Waals surface area contributed by atoms with E-state index in [1.165, 1.54) is 0 Å². The van der Waals surface area contributed by atoms with Crippen molar-refractivity contribution in [1.82, 2.24) is 5.32 Å². The average molecular weight is 233 g/mol. The summed E-state index contributed by atoms with van der Waals surface area (Å²) in [6.07, 6.45) is 1.16. The number of carbonyl (C=O) groups is 1. The summed E-state index contributed by atoms with van der Waals surface area (Å²) in [6.45, 7) is 5.78. The van der Waals surface area contributed by atoms with Crippen molar-refractivity contribution in [2.45, 2.75) is 19.8 Å². The van der Waals surface area contributed by atoms with Crippen molar-refractivity contribution >= 4 is 5.97 Å². The molecule has 0 saturated carbocycles. The maximum Gasteiger partial charge on any atom is 0.307 e. The zero-order valence-corrected chi connectivity index (χ0v) is 10.3. The molecule has 0 fully saturated rings. The summed E-state index contributed by atoms with van der Waals surface area (Å²) >= 11 is 0. The van der Waals surface area contributed by atoms with Crippen LogP contribution < -0.4 is 5.32 Å². The summed E-state index contributed by atoms with van der Waals surface area (Å²) in [5.41, 5.74) is 0. The number of esters is 1. The minimum atomic E-state index is -0.155. The molecule has 0 spiro atoms. The van der Waals surface area contributed by atoms with Gasteiger partial charge in [-0.25, -0.2) is 0 Å². The molecule has 96 valence electrons. The van der Waals surface area contributed by atoms with Crippen LogP contribution in [0.2, 0.25) is 0 Å². The molecular formula is C11H23NO4. The van der Waals surface area contributed by atoms with Crippen LogP contribution in [0.3, 0.4) is 0 Å². The molecule has 0 amide bonds. The second kappa shape index (κ2) is 12.4. The average Bonchev–Trinajstić information content (AvgIpc) is 2.28. The van der Waals surface area contributed by atoms with Crippen LogP contribution in [0.15, 0.2) is 0 Å². The van der Waals surface area contributed by atoms with Gasteiger partial charge in [-0.3, -0.25) is 4.79 Å². The fourth-order valence-corrected chi connectivity index (χ4v) is 1.03. The quantitative estimate of drug-likeness (QED) is 0.418. The van der Waals surface area contributed by atoms with Crippen LogP contribution >= 0.6 is 0 Å². The van der Waals surface area contributed by atoms with Gasteiger partial charge >= 0.3 is 5.97 Å². The normalized spacial score (nSPS) is 10.4. The molecule has 5 heteroatoms. The van der Waals surface area contributed by atoms with Crippen LogP contribution in [0.4, 0.5) is 0 Å².